The van der Waals surface area contributed by atoms with Crippen LogP contribution in [0.25, 0.3) is 6.08 Å². The standard InChI is InChI=1S/C11H14N3P/c1-3-9-8-5-4-6-11(2,15)14-10(8)13-7-12-9/h4-7H,3,15H2,1-2H3. The fourth-order valence-corrected chi connectivity index (χ4v) is 1.80. The first kappa shape index (κ1) is 10.4. The van der Waals surface area contributed by atoms with Gasteiger partial charge in [0.2, 0.25) is 0 Å². The van der Waals surface area contributed by atoms with Crippen LogP contribution in [0.2, 0.25) is 0 Å². The monoisotopic (exact) mass is 219 g/mol. The van der Waals surface area contributed by atoms with Crippen LogP contribution < -0.4 is 10.7 Å². The first-order valence-electron chi connectivity index (χ1n) is 5.00. The highest BCUT2D eigenvalue weighted by atomic mass is 31.0. The molecule has 4 heteroatoms. The van der Waals surface area contributed by atoms with Crippen molar-refractivity contribution in [3.8, 4) is 0 Å². The van der Waals surface area contributed by atoms with Gasteiger partial charge in [0.25, 0.3) is 0 Å². The first-order chi connectivity index (χ1) is 7.12. The van der Waals surface area contributed by atoms with Gasteiger partial charge in [-0.3, -0.25) is 4.99 Å². The Morgan fingerprint density at radius 3 is 2.93 bits per heavy atom. The highest BCUT2D eigenvalue weighted by Crippen LogP contribution is 2.20. The van der Waals surface area contributed by atoms with Crippen LogP contribution in [0.1, 0.15) is 19.5 Å². The molecule has 0 fully saturated rings. The molecule has 1 aromatic rings. The maximum absolute atomic E-state index is 4.57. The molecule has 0 saturated carbocycles. The second-order valence-corrected chi connectivity index (χ2v) is 4.94. The van der Waals surface area contributed by atoms with Crippen LogP contribution in [-0.2, 0) is 6.42 Å². The van der Waals surface area contributed by atoms with Crippen molar-refractivity contribution in [3.63, 3.8) is 0 Å². The predicted molar refractivity (Wildman–Crippen MR) is 63.9 cm³/mol. The van der Waals surface area contributed by atoms with Crippen LogP contribution >= 0.6 is 9.24 Å². The van der Waals surface area contributed by atoms with Gasteiger partial charge < -0.3 is 0 Å². The molecule has 2 atom stereocenters. The van der Waals surface area contributed by atoms with Crippen LogP contribution in [0.5, 0.6) is 0 Å². The molecule has 2 unspecified atom stereocenters. The number of aromatic nitrogens is 2. The lowest BCUT2D eigenvalue weighted by Gasteiger charge is -2.11. The molecular weight excluding hydrogens is 205 g/mol. The lowest BCUT2D eigenvalue weighted by molar-refractivity contribution is 0.789. The lowest BCUT2D eigenvalue weighted by atomic mass is 10.2. The van der Waals surface area contributed by atoms with Gasteiger partial charge in [-0.1, -0.05) is 19.1 Å². The molecule has 0 aromatic carbocycles. The molecule has 3 nitrogen and oxygen atoms in total. The quantitative estimate of drug-likeness (QED) is 0.649. The fraction of sp³-hybridized carbons (Fsp3) is 0.364. The van der Waals surface area contributed by atoms with Crippen LogP contribution in [0, 0.1) is 0 Å². The Kier molecular flexibility index (Phi) is 2.66. The molecule has 1 aliphatic rings. The van der Waals surface area contributed by atoms with Crippen molar-refractivity contribution in [2.45, 2.75) is 25.5 Å². The maximum Gasteiger partial charge on any atom is 0.159 e. The Morgan fingerprint density at radius 2 is 2.20 bits per heavy atom. The van der Waals surface area contributed by atoms with Crippen molar-refractivity contribution >= 4 is 15.3 Å². The van der Waals surface area contributed by atoms with E-state index in [4.69, 9.17) is 0 Å². The number of allylic oxidation sites excluding steroid dienone is 1. The van der Waals surface area contributed by atoms with Gasteiger partial charge in [0.15, 0.2) is 5.49 Å². The van der Waals surface area contributed by atoms with E-state index < -0.39 is 0 Å². The summed E-state index contributed by atoms with van der Waals surface area (Å²) in [6.45, 7) is 4.12. The van der Waals surface area contributed by atoms with Crippen LogP contribution in [-0.4, -0.2) is 15.2 Å². The van der Waals surface area contributed by atoms with Gasteiger partial charge in [-0.15, -0.1) is 9.24 Å². The predicted octanol–water partition coefficient (Wildman–Crippen LogP) is 0.600. The molecule has 0 bridgehead atoms. The molecule has 0 saturated heterocycles. The van der Waals surface area contributed by atoms with Crippen LogP contribution in [0.15, 0.2) is 23.5 Å². The first-order valence-corrected chi connectivity index (χ1v) is 5.58. The molecule has 0 radical (unpaired) electrons. The van der Waals surface area contributed by atoms with Crippen LogP contribution in [0.4, 0.5) is 0 Å². The summed E-state index contributed by atoms with van der Waals surface area (Å²) in [6.07, 6.45) is 8.58. The van der Waals surface area contributed by atoms with E-state index >= 15 is 0 Å². The molecule has 0 spiro atoms. The van der Waals surface area contributed by atoms with Gasteiger partial charge in [-0.25, -0.2) is 9.97 Å². The summed E-state index contributed by atoms with van der Waals surface area (Å²) < 4.78 is 0. The van der Waals surface area contributed by atoms with Crippen molar-refractivity contribution in [3.05, 3.63) is 34.9 Å². The SMILES string of the molecule is CCc1ncnc2c1=CC=CC(C)(P)N=2. The zero-order valence-corrected chi connectivity index (χ0v) is 10.1. The summed E-state index contributed by atoms with van der Waals surface area (Å²) in [6, 6.07) is 0. The van der Waals surface area contributed by atoms with Gasteiger partial charge >= 0.3 is 0 Å². The number of rotatable bonds is 1. The highest BCUT2D eigenvalue weighted by molar-refractivity contribution is 7.19. The molecule has 2 rings (SSSR count). The van der Waals surface area contributed by atoms with E-state index in [1.165, 1.54) is 0 Å². The van der Waals surface area contributed by atoms with Gasteiger partial charge in [-0.2, -0.15) is 0 Å². The van der Waals surface area contributed by atoms with E-state index in [2.05, 4.69) is 31.1 Å². The number of nitrogens with zero attached hydrogens (tertiary/aromatic N) is 3. The van der Waals surface area contributed by atoms with Gasteiger partial charge in [0.1, 0.15) is 6.33 Å². The summed E-state index contributed by atoms with van der Waals surface area (Å²) in [4.78, 5) is 13.1. The smallest absolute Gasteiger partial charge is 0.159 e. The molecular formula is C11H14N3P. The third kappa shape index (κ3) is 2.13. The minimum atomic E-state index is -0.263. The third-order valence-electron chi connectivity index (χ3n) is 2.32. The number of hydrogen-bond donors (Lipinski definition) is 0. The number of fused-ring (bicyclic) bond motifs is 1. The maximum atomic E-state index is 4.57. The van der Waals surface area contributed by atoms with E-state index in [0.717, 1.165) is 22.8 Å². The number of aryl methyl sites for hydroxylation is 1. The number of hydrogen-bond acceptors (Lipinski definition) is 3. The molecule has 0 amide bonds. The third-order valence-corrected chi connectivity index (χ3v) is 2.65. The summed E-state index contributed by atoms with van der Waals surface area (Å²) >= 11 is 0. The van der Waals surface area contributed by atoms with E-state index in [0.29, 0.717) is 0 Å². The van der Waals surface area contributed by atoms with Gasteiger partial charge in [0, 0.05) is 5.22 Å². The topological polar surface area (TPSA) is 38.1 Å². The Balaban J connectivity index is 2.78. The summed E-state index contributed by atoms with van der Waals surface area (Å²) in [5, 5.41) is 0.781. The van der Waals surface area contributed by atoms with Crippen molar-refractivity contribution in [1.29, 1.82) is 0 Å². The Bertz CT molecular complexity index is 517. The second-order valence-electron chi connectivity index (χ2n) is 3.77. The molecule has 1 aromatic heterocycles. The Morgan fingerprint density at radius 1 is 1.40 bits per heavy atom. The normalized spacial score (nSPS) is 23.7. The van der Waals surface area contributed by atoms with E-state index in [1.807, 2.05) is 25.2 Å². The molecule has 1 aliphatic heterocycles. The molecule has 78 valence electrons. The highest BCUT2D eigenvalue weighted by Gasteiger charge is 2.13. The van der Waals surface area contributed by atoms with Crippen molar-refractivity contribution in [2.24, 2.45) is 4.99 Å². The molecule has 15 heavy (non-hydrogen) atoms. The summed E-state index contributed by atoms with van der Waals surface area (Å²) in [5.41, 5.74) is 1.83. The van der Waals surface area contributed by atoms with Crippen molar-refractivity contribution in [1.82, 2.24) is 9.97 Å². The molecule has 2 heterocycles. The zero-order chi connectivity index (χ0) is 10.9. The Hall–Kier alpha value is -1.08. The fourth-order valence-electron chi connectivity index (χ4n) is 1.57. The van der Waals surface area contributed by atoms with Gasteiger partial charge in [-0.05, 0) is 19.4 Å². The average Bonchev–Trinajstić information content (AvgIpc) is 2.33. The van der Waals surface area contributed by atoms with Crippen LogP contribution in [0.3, 0.4) is 0 Å². The van der Waals surface area contributed by atoms with Gasteiger partial charge in [0.05, 0.1) is 11.0 Å². The average molecular weight is 219 g/mol. The zero-order valence-electron chi connectivity index (χ0n) is 8.94. The van der Waals surface area contributed by atoms with E-state index in [1.54, 1.807) is 6.33 Å². The minimum absolute atomic E-state index is 0.263. The van der Waals surface area contributed by atoms with Crippen molar-refractivity contribution in [2.75, 3.05) is 0 Å². The lowest BCUT2D eigenvalue weighted by Crippen LogP contribution is -2.34. The largest absolute Gasteiger partial charge is 0.251 e. The van der Waals surface area contributed by atoms with E-state index in [-0.39, 0.29) is 5.28 Å². The summed E-state index contributed by atoms with van der Waals surface area (Å²) in [5.74, 6) is 0. The second kappa shape index (κ2) is 3.82. The molecule has 0 aliphatic carbocycles. The minimum Gasteiger partial charge on any atom is -0.251 e. The Labute approximate surface area is 91.3 Å². The van der Waals surface area contributed by atoms with Crippen molar-refractivity contribution < 1.29 is 0 Å². The summed E-state index contributed by atoms with van der Waals surface area (Å²) in [7, 11) is 2.72. The molecule has 0 N–H and O–H groups in total. The van der Waals surface area contributed by atoms with E-state index in [9.17, 15) is 0 Å².